The number of carboxylic acid groups (broad SMARTS) is 1. The van der Waals surface area contributed by atoms with Crippen LogP contribution in [0.5, 0.6) is 0 Å². The molecule has 0 radical (unpaired) electrons. The van der Waals surface area contributed by atoms with Crippen LogP contribution in [0.4, 0.5) is 0 Å². The van der Waals surface area contributed by atoms with E-state index < -0.39 is 17.4 Å². The van der Waals surface area contributed by atoms with Gasteiger partial charge in [0.2, 0.25) is 0 Å². The van der Waals surface area contributed by atoms with E-state index in [1.165, 1.54) is 10.7 Å². The molecule has 0 aliphatic rings. The summed E-state index contributed by atoms with van der Waals surface area (Å²) in [4.78, 5) is 28.8. The molecular weight excluding hydrogens is 308 g/mol. The average molecular weight is 324 g/mol. The van der Waals surface area contributed by atoms with Gasteiger partial charge in [0.05, 0.1) is 6.20 Å². The fourth-order valence-corrected chi connectivity index (χ4v) is 2.66. The van der Waals surface area contributed by atoms with E-state index in [9.17, 15) is 14.7 Å². The van der Waals surface area contributed by atoms with Crippen molar-refractivity contribution >= 4 is 17.5 Å². The third-order valence-electron chi connectivity index (χ3n) is 4.01. The standard InChI is InChI=1S/C17H16N4O3/c1-2-17(16(23)24,12-7-4-3-5-8-12)20-15(22)13-11-19-21-10-6-9-18-14(13)21/h3-11H,2H2,1H3,(H,20,22)(H,23,24). The van der Waals surface area contributed by atoms with Gasteiger partial charge < -0.3 is 10.4 Å². The van der Waals surface area contributed by atoms with Gasteiger partial charge in [0.15, 0.2) is 11.2 Å². The van der Waals surface area contributed by atoms with Crippen molar-refractivity contribution in [2.24, 2.45) is 0 Å². The summed E-state index contributed by atoms with van der Waals surface area (Å²) in [6, 6.07) is 10.3. The normalized spacial score (nSPS) is 13.4. The Kier molecular flexibility index (Phi) is 3.99. The number of carboxylic acids is 1. The molecule has 0 aliphatic heterocycles. The van der Waals surface area contributed by atoms with Crippen LogP contribution in [0.25, 0.3) is 5.65 Å². The third kappa shape index (κ3) is 2.50. The fourth-order valence-electron chi connectivity index (χ4n) is 2.66. The molecule has 7 heteroatoms. The van der Waals surface area contributed by atoms with Crippen molar-refractivity contribution in [3.05, 3.63) is 66.1 Å². The first-order valence-corrected chi connectivity index (χ1v) is 7.48. The zero-order valence-electron chi connectivity index (χ0n) is 13.0. The lowest BCUT2D eigenvalue weighted by Gasteiger charge is -2.29. The van der Waals surface area contributed by atoms with Crippen LogP contribution in [-0.2, 0) is 10.3 Å². The molecule has 1 atom stereocenters. The molecule has 3 rings (SSSR count). The molecule has 3 aromatic rings. The van der Waals surface area contributed by atoms with Crippen molar-refractivity contribution in [2.45, 2.75) is 18.9 Å². The van der Waals surface area contributed by atoms with Crippen molar-refractivity contribution in [3.8, 4) is 0 Å². The Labute approximate surface area is 138 Å². The van der Waals surface area contributed by atoms with E-state index >= 15 is 0 Å². The first-order valence-electron chi connectivity index (χ1n) is 7.48. The Morgan fingerprint density at radius 1 is 1.25 bits per heavy atom. The number of fused-ring (bicyclic) bond motifs is 1. The first kappa shape index (κ1) is 15.7. The highest BCUT2D eigenvalue weighted by Gasteiger charge is 2.40. The van der Waals surface area contributed by atoms with Gasteiger partial charge >= 0.3 is 5.97 Å². The predicted molar refractivity (Wildman–Crippen MR) is 86.5 cm³/mol. The second-order valence-electron chi connectivity index (χ2n) is 5.33. The largest absolute Gasteiger partial charge is 0.479 e. The van der Waals surface area contributed by atoms with Gasteiger partial charge in [-0.15, -0.1) is 0 Å². The van der Waals surface area contributed by atoms with Crippen LogP contribution in [0.1, 0.15) is 29.3 Å². The number of hydrogen-bond acceptors (Lipinski definition) is 4. The zero-order chi connectivity index (χ0) is 17.2. The van der Waals surface area contributed by atoms with Crippen LogP contribution in [0.15, 0.2) is 55.0 Å². The highest BCUT2D eigenvalue weighted by Crippen LogP contribution is 2.26. The maximum Gasteiger partial charge on any atom is 0.334 e. The van der Waals surface area contributed by atoms with Crippen LogP contribution < -0.4 is 5.32 Å². The summed E-state index contributed by atoms with van der Waals surface area (Å²) in [7, 11) is 0. The number of aromatic nitrogens is 3. The smallest absolute Gasteiger partial charge is 0.334 e. The van der Waals surface area contributed by atoms with E-state index in [0.29, 0.717) is 11.2 Å². The molecule has 2 aromatic heterocycles. The summed E-state index contributed by atoms with van der Waals surface area (Å²) < 4.78 is 1.46. The second-order valence-corrected chi connectivity index (χ2v) is 5.33. The highest BCUT2D eigenvalue weighted by atomic mass is 16.4. The quantitative estimate of drug-likeness (QED) is 0.746. The maximum absolute atomic E-state index is 12.7. The highest BCUT2D eigenvalue weighted by molar-refractivity contribution is 6.02. The minimum Gasteiger partial charge on any atom is -0.479 e. The molecule has 0 spiro atoms. The van der Waals surface area contributed by atoms with E-state index in [1.54, 1.807) is 55.7 Å². The maximum atomic E-state index is 12.7. The van der Waals surface area contributed by atoms with Crippen LogP contribution >= 0.6 is 0 Å². The Morgan fingerprint density at radius 3 is 2.67 bits per heavy atom. The number of hydrogen-bond donors (Lipinski definition) is 2. The monoisotopic (exact) mass is 324 g/mol. The first-order chi connectivity index (χ1) is 11.6. The van der Waals surface area contributed by atoms with Crippen LogP contribution in [0, 0.1) is 0 Å². The summed E-state index contributed by atoms with van der Waals surface area (Å²) >= 11 is 0. The van der Waals surface area contributed by atoms with E-state index in [0.717, 1.165) is 0 Å². The third-order valence-corrected chi connectivity index (χ3v) is 4.01. The SMILES string of the molecule is CCC(NC(=O)c1cnn2cccnc12)(C(=O)O)c1ccccc1. The van der Waals surface area contributed by atoms with Gasteiger partial charge in [0, 0.05) is 12.4 Å². The minimum absolute atomic E-state index is 0.199. The van der Waals surface area contributed by atoms with E-state index in [2.05, 4.69) is 15.4 Å². The summed E-state index contributed by atoms with van der Waals surface area (Å²) in [6.45, 7) is 1.72. The summed E-state index contributed by atoms with van der Waals surface area (Å²) in [5.74, 6) is -1.65. The number of carbonyl (C=O) groups is 2. The predicted octanol–water partition coefficient (Wildman–Crippen LogP) is 1.85. The van der Waals surface area contributed by atoms with E-state index in [4.69, 9.17) is 0 Å². The lowest BCUT2D eigenvalue weighted by atomic mass is 9.87. The van der Waals surface area contributed by atoms with E-state index in [1.807, 2.05) is 0 Å². The van der Waals surface area contributed by atoms with E-state index in [-0.39, 0.29) is 12.0 Å². The lowest BCUT2D eigenvalue weighted by Crippen LogP contribution is -2.51. The van der Waals surface area contributed by atoms with Gasteiger partial charge in [0.25, 0.3) is 5.91 Å². The van der Waals surface area contributed by atoms with Crippen molar-refractivity contribution in [1.82, 2.24) is 19.9 Å². The van der Waals surface area contributed by atoms with Gasteiger partial charge in [-0.05, 0) is 18.1 Å². The zero-order valence-corrected chi connectivity index (χ0v) is 13.0. The van der Waals surface area contributed by atoms with Crippen molar-refractivity contribution in [1.29, 1.82) is 0 Å². The molecule has 1 unspecified atom stereocenters. The van der Waals surface area contributed by atoms with Gasteiger partial charge in [-0.3, -0.25) is 4.79 Å². The molecule has 0 fully saturated rings. The number of rotatable bonds is 5. The number of amides is 1. The molecule has 1 aromatic carbocycles. The number of nitrogens with zero attached hydrogens (tertiary/aromatic N) is 3. The molecule has 0 saturated heterocycles. The Hall–Kier alpha value is -3.22. The van der Waals surface area contributed by atoms with Crippen molar-refractivity contribution < 1.29 is 14.7 Å². The Bertz CT molecular complexity index is 891. The molecule has 0 saturated carbocycles. The second kappa shape index (κ2) is 6.11. The van der Waals surface area contributed by atoms with Gasteiger partial charge in [-0.2, -0.15) is 5.10 Å². The minimum atomic E-state index is -1.51. The van der Waals surface area contributed by atoms with Gasteiger partial charge in [-0.1, -0.05) is 37.3 Å². The van der Waals surface area contributed by atoms with Crippen LogP contribution in [0.3, 0.4) is 0 Å². The molecule has 122 valence electrons. The van der Waals surface area contributed by atoms with Crippen LogP contribution in [-0.4, -0.2) is 31.6 Å². The number of aliphatic carboxylic acids is 1. The molecule has 0 aliphatic carbocycles. The topological polar surface area (TPSA) is 96.6 Å². The Balaban J connectivity index is 2.02. The number of nitrogens with one attached hydrogen (secondary N) is 1. The van der Waals surface area contributed by atoms with Crippen molar-refractivity contribution in [3.63, 3.8) is 0 Å². The summed E-state index contributed by atoms with van der Waals surface area (Å²) in [6.07, 6.45) is 4.80. The van der Waals surface area contributed by atoms with Gasteiger partial charge in [0.1, 0.15) is 5.56 Å². The van der Waals surface area contributed by atoms with Crippen LogP contribution in [0.2, 0.25) is 0 Å². The summed E-state index contributed by atoms with van der Waals surface area (Å²) in [5.41, 5.74) is -0.400. The summed E-state index contributed by atoms with van der Waals surface area (Å²) in [5, 5.41) is 16.5. The van der Waals surface area contributed by atoms with Crippen molar-refractivity contribution in [2.75, 3.05) is 0 Å². The molecule has 7 nitrogen and oxygen atoms in total. The molecule has 24 heavy (non-hydrogen) atoms. The molecule has 2 N–H and O–H groups in total. The number of carbonyl (C=O) groups excluding carboxylic acids is 1. The molecular formula is C17H16N4O3. The Morgan fingerprint density at radius 2 is 2.00 bits per heavy atom. The van der Waals surface area contributed by atoms with Gasteiger partial charge in [-0.25, -0.2) is 14.3 Å². The fraction of sp³-hybridized carbons (Fsp3) is 0.176. The molecule has 2 heterocycles. The lowest BCUT2D eigenvalue weighted by molar-refractivity contribution is -0.145. The molecule has 0 bridgehead atoms. The average Bonchev–Trinajstić information content (AvgIpc) is 3.04. The molecule has 1 amide bonds. The number of benzene rings is 1.